The lowest BCUT2D eigenvalue weighted by Gasteiger charge is -2.38. The zero-order valence-corrected chi connectivity index (χ0v) is 21.5. The normalized spacial score (nSPS) is 23.2. The molecule has 2 saturated heterocycles. The standard InChI is InChI=1S/C28H29Cl2N3O3/c29-23-7-4-8-24(30)25(23)26-22(27(36-32-26)18-9-10-18)16-35-21-13-19-11-12-20(14-21)33(19)28(34)31-15-17-5-2-1-3-6-17/h1-8,18-21H,9-16H2,(H,31,34). The number of nitrogens with one attached hydrogen (secondary N) is 1. The molecule has 2 atom stereocenters. The van der Waals surface area contributed by atoms with Gasteiger partial charge in [0.25, 0.3) is 0 Å². The quantitative estimate of drug-likeness (QED) is 0.362. The van der Waals surface area contributed by atoms with Gasteiger partial charge in [-0.2, -0.15) is 0 Å². The van der Waals surface area contributed by atoms with E-state index in [9.17, 15) is 4.79 Å². The molecule has 3 heterocycles. The van der Waals surface area contributed by atoms with Crippen molar-refractivity contribution in [3.8, 4) is 11.3 Å². The molecule has 2 unspecified atom stereocenters. The van der Waals surface area contributed by atoms with Crippen LogP contribution in [0.3, 0.4) is 0 Å². The average Bonchev–Trinajstić information content (AvgIpc) is 3.59. The number of aromatic nitrogens is 1. The Morgan fingerprint density at radius 2 is 1.69 bits per heavy atom. The van der Waals surface area contributed by atoms with Crippen molar-refractivity contribution in [3.05, 3.63) is 75.5 Å². The van der Waals surface area contributed by atoms with E-state index >= 15 is 0 Å². The van der Waals surface area contributed by atoms with E-state index in [4.69, 9.17) is 32.5 Å². The molecule has 0 radical (unpaired) electrons. The number of halogens is 2. The number of carbonyl (C=O) groups is 1. The summed E-state index contributed by atoms with van der Waals surface area (Å²) in [7, 11) is 0. The van der Waals surface area contributed by atoms with Crippen LogP contribution in [-0.4, -0.2) is 34.3 Å². The Hall–Kier alpha value is -2.54. The Labute approximate surface area is 220 Å². The van der Waals surface area contributed by atoms with Crippen molar-refractivity contribution < 1.29 is 14.1 Å². The van der Waals surface area contributed by atoms with E-state index in [0.717, 1.165) is 55.4 Å². The molecule has 2 amide bonds. The van der Waals surface area contributed by atoms with Gasteiger partial charge in [-0.15, -0.1) is 0 Å². The number of piperidine rings is 1. The number of urea groups is 1. The predicted octanol–water partition coefficient (Wildman–Crippen LogP) is 6.95. The Bertz CT molecular complexity index is 1210. The minimum atomic E-state index is 0.0236. The maximum absolute atomic E-state index is 13.0. The summed E-state index contributed by atoms with van der Waals surface area (Å²) < 4.78 is 12.3. The molecule has 36 heavy (non-hydrogen) atoms. The molecule has 3 aliphatic rings. The number of benzene rings is 2. The van der Waals surface area contributed by atoms with E-state index in [1.807, 2.05) is 53.4 Å². The van der Waals surface area contributed by atoms with Gasteiger partial charge in [-0.3, -0.25) is 0 Å². The van der Waals surface area contributed by atoms with E-state index in [0.29, 0.717) is 40.4 Å². The second-order valence-corrected chi connectivity index (χ2v) is 10.9. The van der Waals surface area contributed by atoms with E-state index in [-0.39, 0.29) is 24.2 Å². The molecule has 2 aromatic carbocycles. The summed E-state index contributed by atoms with van der Waals surface area (Å²) in [6.45, 7) is 0.941. The molecule has 1 N–H and O–H groups in total. The van der Waals surface area contributed by atoms with Crippen LogP contribution in [0.5, 0.6) is 0 Å². The number of hydrogen-bond donors (Lipinski definition) is 1. The molecule has 0 spiro atoms. The molecule has 188 valence electrons. The van der Waals surface area contributed by atoms with Gasteiger partial charge in [0.05, 0.1) is 22.8 Å². The molecule has 3 fully saturated rings. The predicted molar refractivity (Wildman–Crippen MR) is 139 cm³/mol. The van der Waals surface area contributed by atoms with Gasteiger partial charge >= 0.3 is 6.03 Å². The molecule has 2 bridgehead atoms. The molecule has 6 nitrogen and oxygen atoms in total. The third-order valence-corrected chi connectivity index (χ3v) is 8.27. The summed E-state index contributed by atoms with van der Waals surface area (Å²) in [4.78, 5) is 15.1. The number of fused-ring (bicyclic) bond motifs is 2. The van der Waals surface area contributed by atoms with Crippen molar-refractivity contribution in [1.82, 2.24) is 15.4 Å². The lowest BCUT2D eigenvalue weighted by atomic mass is 9.99. The van der Waals surface area contributed by atoms with Gasteiger partial charge in [0.1, 0.15) is 11.5 Å². The van der Waals surface area contributed by atoms with Gasteiger partial charge in [0.15, 0.2) is 0 Å². The van der Waals surface area contributed by atoms with Crippen LogP contribution >= 0.6 is 23.2 Å². The van der Waals surface area contributed by atoms with Crippen LogP contribution in [0.1, 0.15) is 61.3 Å². The van der Waals surface area contributed by atoms with E-state index in [1.165, 1.54) is 0 Å². The van der Waals surface area contributed by atoms with Crippen LogP contribution in [-0.2, 0) is 17.9 Å². The van der Waals surface area contributed by atoms with Gasteiger partial charge in [-0.05, 0) is 56.2 Å². The van der Waals surface area contributed by atoms with Crippen LogP contribution in [0, 0.1) is 0 Å². The number of nitrogens with zero attached hydrogens (tertiary/aromatic N) is 2. The minimum absolute atomic E-state index is 0.0236. The molecule has 1 saturated carbocycles. The summed E-state index contributed by atoms with van der Waals surface area (Å²) in [5, 5.41) is 8.57. The van der Waals surface area contributed by atoms with Crippen molar-refractivity contribution in [2.24, 2.45) is 0 Å². The SMILES string of the molecule is O=C(NCc1ccccc1)N1C2CCC1CC(OCc1c(-c3c(Cl)cccc3Cl)noc1C1CC1)C2. The number of hydrogen-bond acceptors (Lipinski definition) is 4. The smallest absolute Gasteiger partial charge is 0.318 e. The summed E-state index contributed by atoms with van der Waals surface area (Å²) in [5.41, 5.74) is 3.42. The van der Waals surface area contributed by atoms with Crippen LogP contribution in [0.15, 0.2) is 53.1 Å². The molecular formula is C28H29Cl2N3O3. The van der Waals surface area contributed by atoms with Crippen LogP contribution < -0.4 is 5.32 Å². The average molecular weight is 526 g/mol. The molecular weight excluding hydrogens is 497 g/mol. The summed E-state index contributed by atoms with van der Waals surface area (Å²) in [6, 6.07) is 15.9. The fraction of sp³-hybridized carbons (Fsp3) is 0.429. The van der Waals surface area contributed by atoms with Gasteiger partial charge < -0.3 is 19.5 Å². The lowest BCUT2D eigenvalue weighted by molar-refractivity contribution is -0.0172. The maximum Gasteiger partial charge on any atom is 0.318 e. The first-order valence-corrected chi connectivity index (χ1v) is 13.5. The number of ether oxygens (including phenoxy) is 1. The topological polar surface area (TPSA) is 67.6 Å². The highest BCUT2D eigenvalue weighted by atomic mass is 35.5. The first-order valence-electron chi connectivity index (χ1n) is 12.7. The van der Waals surface area contributed by atoms with Crippen molar-refractivity contribution in [3.63, 3.8) is 0 Å². The first kappa shape index (κ1) is 23.8. The van der Waals surface area contributed by atoms with Gasteiger partial charge in [0.2, 0.25) is 0 Å². The first-order chi connectivity index (χ1) is 17.6. The largest absolute Gasteiger partial charge is 0.373 e. The third-order valence-electron chi connectivity index (χ3n) is 7.64. The third kappa shape index (κ3) is 4.74. The number of amides is 2. The fourth-order valence-corrected chi connectivity index (χ4v) is 6.29. The molecule has 8 heteroatoms. The number of rotatable bonds is 7. The molecule has 6 rings (SSSR count). The van der Waals surface area contributed by atoms with Crippen molar-refractivity contribution in [1.29, 1.82) is 0 Å². The second-order valence-electron chi connectivity index (χ2n) is 10.1. The van der Waals surface area contributed by atoms with Gasteiger partial charge in [-0.1, -0.05) is 64.8 Å². The monoisotopic (exact) mass is 525 g/mol. The molecule has 2 aliphatic heterocycles. The Kier molecular flexibility index (Phi) is 6.67. The molecule has 3 aromatic rings. The lowest BCUT2D eigenvalue weighted by Crippen LogP contribution is -2.52. The van der Waals surface area contributed by atoms with Gasteiger partial charge in [-0.25, -0.2) is 4.79 Å². The highest BCUT2D eigenvalue weighted by Gasteiger charge is 2.44. The van der Waals surface area contributed by atoms with E-state index in [1.54, 1.807) is 0 Å². The Morgan fingerprint density at radius 3 is 2.36 bits per heavy atom. The van der Waals surface area contributed by atoms with Gasteiger partial charge in [0, 0.05) is 35.7 Å². The summed E-state index contributed by atoms with van der Waals surface area (Å²) in [6.07, 6.45) is 5.98. The van der Waals surface area contributed by atoms with Crippen molar-refractivity contribution >= 4 is 29.2 Å². The Balaban J connectivity index is 1.13. The molecule has 1 aromatic heterocycles. The van der Waals surface area contributed by atoms with Crippen LogP contribution in [0.4, 0.5) is 4.79 Å². The van der Waals surface area contributed by atoms with E-state index in [2.05, 4.69) is 10.5 Å². The summed E-state index contributed by atoms with van der Waals surface area (Å²) in [5.74, 6) is 1.28. The van der Waals surface area contributed by atoms with Crippen molar-refractivity contribution in [2.75, 3.05) is 0 Å². The fourth-order valence-electron chi connectivity index (χ4n) is 5.71. The van der Waals surface area contributed by atoms with Crippen LogP contribution in [0.25, 0.3) is 11.3 Å². The van der Waals surface area contributed by atoms with Crippen LogP contribution in [0.2, 0.25) is 10.0 Å². The van der Waals surface area contributed by atoms with Crippen molar-refractivity contribution in [2.45, 2.75) is 75.8 Å². The Morgan fingerprint density at radius 1 is 1.00 bits per heavy atom. The molecule has 1 aliphatic carbocycles. The number of carbonyl (C=O) groups excluding carboxylic acids is 1. The highest BCUT2D eigenvalue weighted by Crippen LogP contribution is 2.46. The second kappa shape index (κ2) is 10.1. The highest BCUT2D eigenvalue weighted by molar-refractivity contribution is 6.39. The zero-order chi connectivity index (χ0) is 24.6. The van der Waals surface area contributed by atoms with E-state index < -0.39 is 0 Å². The zero-order valence-electron chi connectivity index (χ0n) is 20.0. The summed E-state index contributed by atoms with van der Waals surface area (Å²) >= 11 is 13.0. The maximum atomic E-state index is 13.0. The minimum Gasteiger partial charge on any atom is -0.373 e.